The number of hydrogen-bond donors (Lipinski definition) is 1. The van der Waals surface area contributed by atoms with Crippen molar-refractivity contribution in [2.45, 2.75) is 29.9 Å². The second-order valence-electron chi connectivity index (χ2n) is 5.14. The van der Waals surface area contributed by atoms with Crippen LogP contribution >= 0.6 is 11.6 Å². The second-order valence-corrected chi connectivity index (χ2v) is 7.44. The van der Waals surface area contributed by atoms with Gasteiger partial charge in [-0.25, -0.2) is 8.42 Å². The van der Waals surface area contributed by atoms with Crippen molar-refractivity contribution in [3.8, 4) is 6.07 Å². The van der Waals surface area contributed by atoms with Gasteiger partial charge in [-0.3, -0.25) is 0 Å². The number of nitrogens with zero attached hydrogens (tertiary/aromatic N) is 2. The zero-order valence-corrected chi connectivity index (χ0v) is 13.8. The van der Waals surface area contributed by atoms with E-state index < -0.39 is 10.0 Å². The topological polar surface area (TPSA) is 96.4 Å². The Morgan fingerprint density at radius 2 is 2.27 bits per heavy atom. The molecule has 120 valence electrons. The molecular formula is C14H18ClN3O3S. The van der Waals surface area contributed by atoms with E-state index in [4.69, 9.17) is 27.3 Å². The van der Waals surface area contributed by atoms with Crippen molar-refractivity contribution in [3.63, 3.8) is 0 Å². The van der Waals surface area contributed by atoms with Gasteiger partial charge in [0.25, 0.3) is 0 Å². The number of methoxy groups -OCH3 is 1. The van der Waals surface area contributed by atoms with Crippen LogP contribution in [0.3, 0.4) is 0 Å². The lowest BCUT2D eigenvalue weighted by Crippen LogP contribution is -2.51. The highest BCUT2D eigenvalue weighted by atomic mass is 35.5. The van der Waals surface area contributed by atoms with E-state index in [1.165, 1.54) is 22.5 Å². The number of rotatable bonds is 4. The van der Waals surface area contributed by atoms with Crippen LogP contribution in [0.1, 0.15) is 18.4 Å². The molecule has 2 N–H and O–H groups in total. The lowest BCUT2D eigenvalue weighted by molar-refractivity contribution is 0.0401. The van der Waals surface area contributed by atoms with Crippen LogP contribution in [-0.4, -0.2) is 45.1 Å². The molecule has 6 nitrogen and oxygen atoms in total. The zero-order valence-electron chi connectivity index (χ0n) is 12.2. The first-order valence-electron chi connectivity index (χ1n) is 6.88. The van der Waals surface area contributed by atoms with Crippen molar-refractivity contribution in [2.75, 3.05) is 20.2 Å². The predicted octanol–water partition coefficient (Wildman–Crippen LogP) is 1.34. The maximum absolute atomic E-state index is 12.8. The summed E-state index contributed by atoms with van der Waals surface area (Å²) in [5.41, 5.74) is 5.97. The molecular weight excluding hydrogens is 326 g/mol. The summed E-state index contributed by atoms with van der Waals surface area (Å²) in [4.78, 5) is 0.0748. The molecule has 0 radical (unpaired) electrons. The molecule has 1 aliphatic rings. The molecule has 8 heteroatoms. The molecule has 0 amide bonds. The van der Waals surface area contributed by atoms with Crippen LogP contribution in [-0.2, 0) is 14.8 Å². The third kappa shape index (κ3) is 3.26. The number of sulfonamides is 1. The van der Waals surface area contributed by atoms with Crippen LogP contribution < -0.4 is 5.73 Å². The average molecular weight is 344 g/mol. The molecule has 1 saturated heterocycles. The van der Waals surface area contributed by atoms with Gasteiger partial charge in [0, 0.05) is 26.2 Å². The molecule has 2 rings (SSSR count). The lowest BCUT2D eigenvalue weighted by Gasteiger charge is -2.37. The fourth-order valence-corrected chi connectivity index (χ4v) is 4.59. The fourth-order valence-electron chi connectivity index (χ4n) is 2.62. The van der Waals surface area contributed by atoms with Crippen molar-refractivity contribution < 1.29 is 13.2 Å². The molecule has 2 atom stereocenters. The van der Waals surface area contributed by atoms with Gasteiger partial charge in [-0.1, -0.05) is 11.6 Å². The Morgan fingerprint density at radius 1 is 1.55 bits per heavy atom. The Labute approximate surface area is 135 Å². The van der Waals surface area contributed by atoms with Gasteiger partial charge in [0.15, 0.2) is 0 Å². The van der Waals surface area contributed by atoms with Gasteiger partial charge in [0.2, 0.25) is 10.0 Å². The van der Waals surface area contributed by atoms with Gasteiger partial charge in [-0.05, 0) is 31.0 Å². The number of nitrogens with two attached hydrogens (primary N) is 1. The average Bonchev–Trinajstić information content (AvgIpc) is 2.53. The maximum Gasteiger partial charge on any atom is 0.243 e. The van der Waals surface area contributed by atoms with Gasteiger partial charge >= 0.3 is 0 Å². The molecule has 1 heterocycles. The molecule has 22 heavy (non-hydrogen) atoms. The van der Waals surface area contributed by atoms with Gasteiger partial charge in [-0.2, -0.15) is 9.57 Å². The Balaban J connectivity index is 2.33. The minimum atomic E-state index is -3.70. The van der Waals surface area contributed by atoms with E-state index in [1.54, 1.807) is 7.11 Å². The normalized spacial score (nSPS) is 23.2. The number of hydrogen-bond acceptors (Lipinski definition) is 5. The third-order valence-corrected chi connectivity index (χ3v) is 6.15. The Hall–Kier alpha value is -1.17. The van der Waals surface area contributed by atoms with Crippen LogP contribution in [0.25, 0.3) is 0 Å². The van der Waals surface area contributed by atoms with Gasteiger partial charge in [0.1, 0.15) is 6.07 Å². The Morgan fingerprint density at radius 3 is 2.82 bits per heavy atom. The van der Waals surface area contributed by atoms with Crippen molar-refractivity contribution in [2.24, 2.45) is 5.73 Å². The van der Waals surface area contributed by atoms with Crippen molar-refractivity contribution in [1.82, 2.24) is 4.31 Å². The molecule has 1 aliphatic heterocycles. The first-order valence-corrected chi connectivity index (χ1v) is 8.70. The van der Waals surface area contributed by atoms with E-state index in [9.17, 15) is 8.42 Å². The summed E-state index contributed by atoms with van der Waals surface area (Å²) in [5, 5.41) is 9.00. The summed E-state index contributed by atoms with van der Waals surface area (Å²) >= 11 is 5.94. The highest BCUT2D eigenvalue weighted by Gasteiger charge is 2.36. The Kier molecular flexibility index (Phi) is 5.42. The zero-order chi connectivity index (χ0) is 16.3. The first-order chi connectivity index (χ1) is 10.4. The third-order valence-electron chi connectivity index (χ3n) is 3.89. The van der Waals surface area contributed by atoms with Crippen molar-refractivity contribution >= 4 is 21.6 Å². The number of halogens is 1. The molecule has 1 fully saturated rings. The highest BCUT2D eigenvalue weighted by molar-refractivity contribution is 7.89. The van der Waals surface area contributed by atoms with Gasteiger partial charge < -0.3 is 10.5 Å². The van der Waals surface area contributed by atoms with Crippen molar-refractivity contribution in [3.05, 3.63) is 28.8 Å². The molecule has 0 aromatic heterocycles. The number of piperidine rings is 1. The number of ether oxygens (including phenoxy) is 1. The summed E-state index contributed by atoms with van der Waals surface area (Å²) in [6, 6.07) is 5.72. The fraction of sp³-hybridized carbons (Fsp3) is 0.500. The lowest BCUT2D eigenvalue weighted by atomic mass is 10.0. The minimum absolute atomic E-state index is 0.0181. The van der Waals surface area contributed by atoms with E-state index >= 15 is 0 Å². The van der Waals surface area contributed by atoms with Crippen LogP contribution in [0.15, 0.2) is 23.1 Å². The molecule has 1 aromatic carbocycles. The van der Waals surface area contributed by atoms with Crippen LogP contribution in [0, 0.1) is 11.3 Å². The monoisotopic (exact) mass is 343 g/mol. The molecule has 1 aromatic rings. The minimum Gasteiger partial charge on any atom is -0.381 e. The van der Waals surface area contributed by atoms with Gasteiger partial charge in [0.05, 0.1) is 21.6 Å². The predicted molar refractivity (Wildman–Crippen MR) is 82.9 cm³/mol. The maximum atomic E-state index is 12.8. The van der Waals surface area contributed by atoms with Crippen molar-refractivity contribution in [1.29, 1.82) is 5.26 Å². The van der Waals surface area contributed by atoms with E-state index in [1.807, 2.05) is 6.07 Å². The highest BCUT2D eigenvalue weighted by Crippen LogP contribution is 2.28. The first kappa shape index (κ1) is 17.2. The summed E-state index contributed by atoms with van der Waals surface area (Å²) in [5.74, 6) is 0. The molecule has 0 spiro atoms. The largest absolute Gasteiger partial charge is 0.381 e. The molecule has 0 saturated carbocycles. The van der Waals surface area contributed by atoms with E-state index in [2.05, 4.69) is 0 Å². The summed E-state index contributed by atoms with van der Waals surface area (Å²) in [6.07, 6.45) is 1.21. The summed E-state index contributed by atoms with van der Waals surface area (Å²) < 4.78 is 32.3. The SMILES string of the molecule is COC1CCN(S(=O)(=O)c2ccc(C#N)c(Cl)c2)C(CN)C1. The van der Waals surface area contributed by atoms with Crippen LogP contribution in [0.2, 0.25) is 5.02 Å². The smallest absolute Gasteiger partial charge is 0.243 e. The number of benzene rings is 1. The van der Waals surface area contributed by atoms with Gasteiger partial charge in [-0.15, -0.1) is 0 Å². The molecule has 2 unspecified atom stereocenters. The summed E-state index contributed by atoms with van der Waals surface area (Å²) in [6.45, 7) is 0.573. The standard InChI is InChI=1S/C14H18ClN3O3S/c1-21-12-4-5-18(11(6-12)9-17)22(19,20)13-3-2-10(8-16)14(15)7-13/h2-3,7,11-12H,4-6,9,17H2,1H3. The quantitative estimate of drug-likeness (QED) is 0.889. The Bertz CT molecular complexity index is 687. The molecule has 0 aliphatic carbocycles. The van der Waals surface area contributed by atoms with E-state index in [-0.39, 0.29) is 34.2 Å². The second kappa shape index (κ2) is 6.94. The molecule has 0 bridgehead atoms. The van der Waals surface area contributed by atoms with Crippen LogP contribution in [0.5, 0.6) is 0 Å². The van der Waals surface area contributed by atoms with E-state index in [0.717, 1.165) is 0 Å². The van der Waals surface area contributed by atoms with E-state index in [0.29, 0.717) is 19.4 Å². The van der Waals surface area contributed by atoms with Crippen LogP contribution in [0.4, 0.5) is 0 Å². The number of nitriles is 1. The summed E-state index contributed by atoms with van der Waals surface area (Å²) in [7, 11) is -2.08.